The summed E-state index contributed by atoms with van der Waals surface area (Å²) in [5.74, 6) is -0.108. The number of nitrogens with zero attached hydrogens (tertiary/aromatic N) is 2. The van der Waals surface area contributed by atoms with E-state index in [0.717, 1.165) is 24.2 Å². The normalized spacial score (nSPS) is 13.5. The number of anilines is 1. The Bertz CT molecular complexity index is 1290. The molecule has 1 aromatic heterocycles. The van der Waals surface area contributed by atoms with E-state index in [1.807, 2.05) is 24.3 Å². The number of fused-ring (bicyclic) bond motifs is 1. The van der Waals surface area contributed by atoms with Crippen LogP contribution < -0.4 is 15.8 Å². The van der Waals surface area contributed by atoms with Crippen LogP contribution in [-0.2, 0) is 17.9 Å². The highest BCUT2D eigenvalue weighted by molar-refractivity contribution is 7.71. The van der Waals surface area contributed by atoms with Crippen molar-refractivity contribution in [3.63, 3.8) is 0 Å². The van der Waals surface area contributed by atoms with E-state index in [1.54, 1.807) is 29.2 Å². The SMILES string of the molecule is C=CCn1c(=S)[nH]c2cc(C(=O)NCc3ccc(N4CCCC4=O)cc3)ccc2c1=O. The van der Waals surface area contributed by atoms with Crippen LogP contribution in [0.25, 0.3) is 10.9 Å². The van der Waals surface area contributed by atoms with Gasteiger partial charge in [0.25, 0.3) is 11.5 Å². The van der Waals surface area contributed by atoms with E-state index in [1.165, 1.54) is 4.57 Å². The standard InChI is InChI=1S/C23H22N4O3S/c1-2-11-27-22(30)18-10-7-16(13-19(18)25-23(27)31)21(29)24-14-15-5-8-17(9-6-15)26-12-3-4-20(26)28/h2,5-10,13H,1,3-4,11-12,14H2,(H,24,29)(H,25,31). The molecule has 2 N–H and O–H groups in total. The number of aromatic nitrogens is 2. The summed E-state index contributed by atoms with van der Waals surface area (Å²) in [6.07, 6.45) is 3.08. The zero-order chi connectivity index (χ0) is 22.0. The predicted molar refractivity (Wildman–Crippen MR) is 123 cm³/mol. The van der Waals surface area contributed by atoms with Crippen molar-refractivity contribution >= 4 is 40.6 Å². The lowest BCUT2D eigenvalue weighted by molar-refractivity contribution is -0.117. The lowest BCUT2D eigenvalue weighted by atomic mass is 10.1. The molecule has 0 spiro atoms. The van der Waals surface area contributed by atoms with E-state index in [0.29, 0.717) is 36.0 Å². The van der Waals surface area contributed by atoms with E-state index < -0.39 is 0 Å². The average molecular weight is 435 g/mol. The molecular weight excluding hydrogens is 412 g/mol. The monoisotopic (exact) mass is 434 g/mol. The smallest absolute Gasteiger partial charge is 0.262 e. The fourth-order valence-corrected chi connectivity index (χ4v) is 3.96. The summed E-state index contributed by atoms with van der Waals surface area (Å²) < 4.78 is 1.70. The molecule has 3 aromatic rings. The van der Waals surface area contributed by atoms with Gasteiger partial charge < -0.3 is 15.2 Å². The van der Waals surface area contributed by atoms with Crippen LogP contribution in [0.15, 0.2) is 59.9 Å². The predicted octanol–water partition coefficient (Wildman–Crippen LogP) is 3.30. The Morgan fingerprint density at radius 3 is 2.65 bits per heavy atom. The maximum atomic E-state index is 12.6. The van der Waals surface area contributed by atoms with Crippen molar-refractivity contribution in [2.45, 2.75) is 25.9 Å². The summed E-state index contributed by atoms with van der Waals surface area (Å²) in [5.41, 5.74) is 2.53. The minimum atomic E-state index is -0.254. The second-order valence-corrected chi connectivity index (χ2v) is 7.78. The second-order valence-electron chi connectivity index (χ2n) is 7.39. The highest BCUT2D eigenvalue weighted by atomic mass is 32.1. The first-order valence-electron chi connectivity index (χ1n) is 10.0. The van der Waals surface area contributed by atoms with Gasteiger partial charge >= 0.3 is 0 Å². The molecule has 8 heteroatoms. The molecule has 0 bridgehead atoms. The van der Waals surface area contributed by atoms with Gasteiger partial charge in [-0.15, -0.1) is 6.58 Å². The van der Waals surface area contributed by atoms with Crippen LogP contribution in [0, 0.1) is 4.77 Å². The summed E-state index contributed by atoms with van der Waals surface area (Å²) in [6, 6.07) is 12.5. The molecule has 1 aliphatic rings. The van der Waals surface area contributed by atoms with Crippen molar-refractivity contribution in [1.82, 2.24) is 14.9 Å². The number of H-pyrrole nitrogens is 1. The Morgan fingerprint density at radius 1 is 1.19 bits per heavy atom. The first-order valence-corrected chi connectivity index (χ1v) is 10.4. The number of rotatable bonds is 6. The van der Waals surface area contributed by atoms with Crippen molar-refractivity contribution in [2.75, 3.05) is 11.4 Å². The summed E-state index contributed by atoms with van der Waals surface area (Å²) in [4.78, 5) is 41.8. The van der Waals surface area contributed by atoms with E-state index >= 15 is 0 Å². The summed E-state index contributed by atoms with van der Waals surface area (Å²) in [5, 5.41) is 3.34. The van der Waals surface area contributed by atoms with E-state index in [9.17, 15) is 14.4 Å². The van der Waals surface area contributed by atoms with Crippen molar-refractivity contribution < 1.29 is 9.59 Å². The molecule has 1 fully saturated rings. The average Bonchev–Trinajstić information content (AvgIpc) is 3.20. The van der Waals surface area contributed by atoms with Gasteiger partial charge in [0.2, 0.25) is 5.91 Å². The largest absolute Gasteiger partial charge is 0.348 e. The van der Waals surface area contributed by atoms with Gasteiger partial charge in [0.15, 0.2) is 4.77 Å². The minimum Gasteiger partial charge on any atom is -0.348 e. The number of amides is 2. The number of allylic oxidation sites excluding steroid dienone is 1. The summed E-state index contributed by atoms with van der Waals surface area (Å²) in [7, 11) is 0. The van der Waals surface area contributed by atoms with Gasteiger partial charge in [0.1, 0.15) is 0 Å². The molecule has 1 saturated heterocycles. The third-order valence-corrected chi connectivity index (χ3v) is 5.65. The number of nitrogens with one attached hydrogen (secondary N) is 2. The number of benzene rings is 2. The fraction of sp³-hybridized carbons (Fsp3) is 0.217. The first-order chi connectivity index (χ1) is 15.0. The lowest BCUT2D eigenvalue weighted by Crippen LogP contribution is -2.25. The van der Waals surface area contributed by atoms with Gasteiger partial charge in [-0.25, -0.2) is 0 Å². The highest BCUT2D eigenvalue weighted by Crippen LogP contribution is 2.21. The van der Waals surface area contributed by atoms with Crippen molar-refractivity contribution in [3.8, 4) is 0 Å². The van der Waals surface area contributed by atoms with Gasteiger partial charge in [-0.3, -0.25) is 19.0 Å². The van der Waals surface area contributed by atoms with Crippen LogP contribution in [0.5, 0.6) is 0 Å². The summed E-state index contributed by atoms with van der Waals surface area (Å²) in [6.45, 7) is 5.05. The third kappa shape index (κ3) is 4.20. The van der Waals surface area contributed by atoms with Gasteiger partial charge in [-0.05, 0) is 54.5 Å². The zero-order valence-electron chi connectivity index (χ0n) is 16.9. The van der Waals surface area contributed by atoms with Gasteiger partial charge in [0, 0.05) is 37.3 Å². The molecule has 0 aliphatic carbocycles. The van der Waals surface area contributed by atoms with Crippen LogP contribution in [0.4, 0.5) is 5.69 Å². The second kappa shape index (κ2) is 8.69. The lowest BCUT2D eigenvalue weighted by Gasteiger charge is -2.16. The van der Waals surface area contributed by atoms with Crippen molar-refractivity contribution in [1.29, 1.82) is 0 Å². The molecule has 158 valence electrons. The molecule has 4 rings (SSSR count). The van der Waals surface area contributed by atoms with Crippen LogP contribution >= 0.6 is 12.2 Å². The number of hydrogen-bond donors (Lipinski definition) is 2. The highest BCUT2D eigenvalue weighted by Gasteiger charge is 2.21. The van der Waals surface area contributed by atoms with E-state index in [-0.39, 0.29) is 22.1 Å². The molecule has 2 aromatic carbocycles. The summed E-state index contributed by atoms with van der Waals surface area (Å²) >= 11 is 5.25. The topological polar surface area (TPSA) is 87.2 Å². The Morgan fingerprint density at radius 2 is 1.97 bits per heavy atom. The van der Waals surface area contributed by atoms with Gasteiger partial charge in [-0.1, -0.05) is 18.2 Å². The van der Waals surface area contributed by atoms with E-state index in [4.69, 9.17) is 12.2 Å². The Balaban J connectivity index is 1.48. The molecule has 2 heterocycles. The fourth-order valence-electron chi connectivity index (χ4n) is 3.69. The minimum absolute atomic E-state index is 0.146. The number of aromatic amines is 1. The quantitative estimate of drug-likeness (QED) is 0.460. The molecule has 1 aliphatic heterocycles. The molecule has 31 heavy (non-hydrogen) atoms. The Labute approximate surface area is 184 Å². The molecule has 0 atom stereocenters. The van der Waals surface area contributed by atoms with Crippen molar-refractivity contribution in [3.05, 3.63) is 81.4 Å². The van der Waals surface area contributed by atoms with Gasteiger partial charge in [-0.2, -0.15) is 0 Å². The van der Waals surface area contributed by atoms with Crippen LogP contribution in [0.2, 0.25) is 0 Å². The third-order valence-electron chi connectivity index (χ3n) is 5.33. The molecule has 0 radical (unpaired) electrons. The molecule has 0 unspecified atom stereocenters. The molecular formula is C23H22N4O3S. The first kappa shape index (κ1) is 20.7. The van der Waals surface area contributed by atoms with Gasteiger partial charge in [0.05, 0.1) is 10.9 Å². The zero-order valence-corrected chi connectivity index (χ0v) is 17.7. The maximum absolute atomic E-state index is 12.6. The number of carbonyl (C=O) groups is 2. The van der Waals surface area contributed by atoms with Crippen LogP contribution in [0.1, 0.15) is 28.8 Å². The Kier molecular flexibility index (Phi) is 5.81. The van der Waals surface area contributed by atoms with Crippen LogP contribution in [-0.4, -0.2) is 27.9 Å². The molecule has 2 amide bonds. The molecule has 0 saturated carbocycles. The molecule has 7 nitrogen and oxygen atoms in total. The van der Waals surface area contributed by atoms with Crippen LogP contribution in [0.3, 0.4) is 0 Å². The van der Waals surface area contributed by atoms with E-state index in [2.05, 4.69) is 16.9 Å². The number of hydrogen-bond acceptors (Lipinski definition) is 4. The van der Waals surface area contributed by atoms with Crippen molar-refractivity contribution in [2.24, 2.45) is 0 Å². The number of carbonyl (C=O) groups excluding carboxylic acids is 2. The maximum Gasteiger partial charge on any atom is 0.262 e. The Hall–Kier alpha value is -3.52.